The predicted molar refractivity (Wildman–Crippen MR) is 88.6 cm³/mol. The number of para-hydroxylation sites is 1. The summed E-state index contributed by atoms with van der Waals surface area (Å²) >= 11 is 0. The highest BCUT2D eigenvalue weighted by Crippen LogP contribution is 2.11. The van der Waals surface area contributed by atoms with Crippen LogP contribution in [0.2, 0.25) is 0 Å². The number of aromatic nitrogens is 2. The molecule has 2 rings (SSSR count). The van der Waals surface area contributed by atoms with Gasteiger partial charge in [0, 0.05) is 38.1 Å². The van der Waals surface area contributed by atoms with Gasteiger partial charge in [0.2, 0.25) is 0 Å². The molecular weight excluding hydrogens is 260 g/mol. The van der Waals surface area contributed by atoms with Gasteiger partial charge < -0.3 is 14.8 Å². The van der Waals surface area contributed by atoms with E-state index in [-0.39, 0.29) is 0 Å². The normalized spacial score (nSPS) is 11.0. The topological polar surface area (TPSA) is 33.1 Å². The lowest BCUT2D eigenvalue weighted by Crippen LogP contribution is -2.24. The molecule has 0 unspecified atom stereocenters. The molecule has 114 valence electrons. The molecule has 2 aromatic rings. The number of nitrogens with one attached hydrogen (secondary N) is 1. The minimum atomic E-state index is 0.466. The molecule has 4 nitrogen and oxygen atoms in total. The third kappa shape index (κ3) is 4.60. The Bertz CT molecular complexity index is 519. The third-order valence-electron chi connectivity index (χ3n) is 3.65. The molecule has 0 aliphatic carbocycles. The van der Waals surface area contributed by atoms with Gasteiger partial charge in [-0.25, -0.2) is 4.98 Å². The van der Waals surface area contributed by atoms with Gasteiger partial charge in [-0.2, -0.15) is 0 Å². The minimum Gasteiger partial charge on any atom is -0.375 e. The molecular formula is C17H26N4. The van der Waals surface area contributed by atoms with Crippen molar-refractivity contribution in [2.24, 2.45) is 0 Å². The van der Waals surface area contributed by atoms with Gasteiger partial charge in [-0.05, 0) is 38.9 Å². The number of hydrogen-bond acceptors (Lipinski definition) is 3. The van der Waals surface area contributed by atoms with E-state index in [1.165, 1.54) is 11.4 Å². The summed E-state index contributed by atoms with van der Waals surface area (Å²) in [5, 5.41) is 3.50. The van der Waals surface area contributed by atoms with E-state index in [4.69, 9.17) is 0 Å². The molecule has 1 aromatic heterocycles. The number of imidazole rings is 1. The number of benzene rings is 1. The average Bonchev–Trinajstić information content (AvgIpc) is 2.96. The van der Waals surface area contributed by atoms with Crippen LogP contribution in [0.3, 0.4) is 0 Å². The summed E-state index contributed by atoms with van der Waals surface area (Å²) in [5.41, 5.74) is 2.52. The molecule has 21 heavy (non-hydrogen) atoms. The lowest BCUT2D eigenvalue weighted by molar-refractivity contribution is 0.547. The fourth-order valence-corrected chi connectivity index (χ4v) is 2.40. The van der Waals surface area contributed by atoms with Crippen LogP contribution in [0, 0.1) is 0 Å². The molecule has 0 radical (unpaired) electrons. The Morgan fingerprint density at radius 1 is 1.24 bits per heavy atom. The highest BCUT2D eigenvalue weighted by Gasteiger charge is 2.04. The first-order chi connectivity index (χ1) is 10.2. The van der Waals surface area contributed by atoms with E-state index in [0.717, 1.165) is 26.1 Å². The molecule has 0 aliphatic rings. The van der Waals surface area contributed by atoms with Crippen molar-refractivity contribution < 1.29 is 0 Å². The van der Waals surface area contributed by atoms with Crippen molar-refractivity contribution in [3.05, 3.63) is 48.5 Å². The van der Waals surface area contributed by atoms with Gasteiger partial charge >= 0.3 is 0 Å². The van der Waals surface area contributed by atoms with Crippen molar-refractivity contribution in [3.8, 4) is 0 Å². The Balaban J connectivity index is 1.67. The average molecular weight is 286 g/mol. The highest BCUT2D eigenvalue weighted by atomic mass is 15.1. The van der Waals surface area contributed by atoms with E-state index in [1.807, 2.05) is 12.5 Å². The van der Waals surface area contributed by atoms with E-state index < -0.39 is 0 Å². The van der Waals surface area contributed by atoms with Crippen molar-refractivity contribution >= 4 is 5.69 Å². The summed E-state index contributed by atoms with van der Waals surface area (Å²) in [6.07, 6.45) is 4.98. The minimum absolute atomic E-state index is 0.466. The van der Waals surface area contributed by atoms with E-state index in [2.05, 4.69) is 71.0 Å². The van der Waals surface area contributed by atoms with Gasteiger partial charge in [0.25, 0.3) is 0 Å². The number of anilines is 1. The fourth-order valence-electron chi connectivity index (χ4n) is 2.40. The first kappa shape index (κ1) is 15.6. The standard InChI is InChI=1S/C17H26N4/c1-15(2)21-14-19-13-17(21)12-18-10-7-11-20(3)16-8-5-4-6-9-16/h4-6,8-9,13-15,18H,7,10-12H2,1-3H3. The molecule has 0 fully saturated rings. The largest absolute Gasteiger partial charge is 0.375 e. The Morgan fingerprint density at radius 3 is 2.71 bits per heavy atom. The SMILES string of the molecule is CC(C)n1cncc1CNCCCN(C)c1ccccc1. The number of rotatable bonds is 8. The summed E-state index contributed by atoms with van der Waals surface area (Å²) in [7, 11) is 2.14. The lowest BCUT2D eigenvalue weighted by atomic mass is 10.3. The van der Waals surface area contributed by atoms with Crippen LogP contribution in [0.15, 0.2) is 42.9 Å². The Morgan fingerprint density at radius 2 is 2.00 bits per heavy atom. The molecule has 1 heterocycles. The monoisotopic (exact) mass is 286 g/mol. The number of nitrogens with zero attached hydrogens (tertiary/aromatic N) is 3. The van der Waals surface area contributed by atoms with Crippen molar-refractivity contribution in [2.75, 3.05) is 25.0 Å². The van der Waals surface area contributed by atoms with Crippen molar-refractivity contribution in [1.82, 2.24) is 14.9 Å². The van der Waals surface area contributed by atoms with Crippen LogP contribution >= 0.6 is 0 Å². The molecule has 1 aromatic carbocycles. The first-order valence-electron chi connectivity index (χ1n) is 7.66. The Labute approximate surface area is 127 Å². The van der Waals surface area contributed by atoms with Crippen LogP contribution in [0.4, 0.5) is 5.69 Å². The zero-order valence-corrected chi connectivity index (χ0v) is 13.3. The van der Waals surface area contributed by atoms with Crippen LogP contribution in [0.5, 0.6) is 0 Å². The molecule has 0 atom stereocenters. The molecule has 0 bridgehead atoms. The third-order valence-corrected chi connectivity index (χ3v) is 3.65. The summed E-state index contributed by atoms with van der Waals surface area (Å²) in [6, 6.07) is 11.0. The van der Waals surface area contributed by atoms with Crippen LogP contribution in [0.1, 0.15) is 32.0 Å². The maximum atomic E-state index is 4.22. The van der Waals surface area contributed by atoms with Gasteiger partial charge in [-0.1, -0.05) is 18.2 Å². The Hall–Kier alpha value is -1.81. The molecule has 0 saturated heterocycles. The van der Waals surface area contributed by atoms with Crippen molar-refractivity contribution in [3.63, 3.8) is 0 Å². The van der Waals surface area contributed by atoms with Gasteiger partial charge in [0.15, 0.2) is 0 Å². The second kappa shape index (κ2) is 7.84. The van der Waals surface area contributed by atoms with Crippen molar-refractivity contribution in [2.45, 2.75) is 32.9 Å². The predicted octanol–water partition coefficient (Wildman–Crippen LogP) is 3.08. The second-order valence-electron chi connectivity index (χ2n) is 5.67. The molecule has 0 aliphatic heterocycles. The molecule has 1 N–H and O–H groups in total. The van der Waals surface area contributed by atoms with Gasteiger partial charge in [-0.15, -0.1) is 0 Å². The first-order valence-corrected chi connectivity index (χ1v) is 7.66. The summed E-state index contributed by atoms with van der Waals surface area (Å²) in [5.74, 6) is 0. The summed E-state index contributed by atoms with van der Waals surface area (Å²) in [4.78, 5) is 6.52. The summed E-state index contributed by atoms with van der Waals surface area (Å²) in [6.45, 7) is 7.31. The second-order valence-corrected chi connectivity index (χ2v) is 5.67. The van der Waals surface area contributed by atoms with Gasteiger partial charge in [-0.3, -0.25) is 0 Å². The summed E-state index contributed by atoms with van der Waals surface area (Å²) < 4.78 is 2.21. The van der Waals surface area contributed by atoms with Crippen molar-refractivity contribution in [1.29, 1.82) is 0 Å². The smallest absolute Gasteiger partial charge is 0.0951 e. The van der Waals surface area contributed by atoms with Crippen LogP contribution in [-0.4, -0.2) is 29.7 Å². The zero-order valence-electron chi connectivity index (χ0n) is 13.3. The van der Waals surface area contributed by atoms with Crippen LogP contribution in [0.25, 0.3) is 0 Å². The van der Waals surface area contributed by atoms with Crippen LogP contribution < -0.4 is 10.2 Å². The highest BCUT2D eigenvalue weighted by molar-refractivity contribution is 5.44. The molecule has 0 spiro atoms. The quantitative estimate of drug-likeness (QED) is 0.757. The van der Waals surface area contributed by atoms with E-state index >= 15 is 0 Å². The van der Waals surface area contributed by atoms with E-state index in [0.29, 0.717) is 6.04 Å². The van der Waals surface area contributed by atoms with Gasteiger partial charge in [0.1, 0.15) is 0 Å². The number of hydrogen-bond donors (Lipinski definition) is 1. The zero-order chi connectivity index (χ0) is 15.1. The van der Waals surface area contributed by atoms with Crippen LogP contribution in [-0.2, 0) is 6.54 Å². The van der Waals surface area contributed by atoms with Gasteiger partial charge in [0.05, 0.1) is 12.0 Å². The maximum Gasteiger partial charge on any atom is 0.0951 e. The fraction of sp³-hybridized carbons (Fsp3) is 0.471. The molecule has 0 amide bonds. The van der Waals surface area contributed by atoms with E-state index in [1.54, 1.807) is 0 Å². The maximum absolute atomic E-state index is 4.22. The lowest BCUT2D eigenvalue weighted by Gasteiger charge is -2.19. The molecule has 0 saturated carbocycles. The Kier molecular flexibility index (Phi) is 5.81. The van der Waals surface area contributed by atoms with E-state index in [9.17, 15) is 0 Å². The molecule has 4 heteroatoms.